The van der Waals surface area contributed by atoms with Crippen LogP contribution >= 0.6 is 11.8 Å². The highest BCUT2D eigenvalue weighted by atomic mass is 32.2. The van der Waals surface area contributed by atoms with E-state index in [0.29, 0.717) is 6.04 Å². The Bertz CT molecular complexity index is 506. The second-order valence-corrected chi connectivity index (χ2v) is 7.04. The average Bonchev–Trinajstić information content (AvgIpc) is 2.55. The fourth-order valence-corrected chi connectivity index (χ4v) is 4.59. The fraction of sp³-hybridized carbons (Fsp3) is 0.556. The van der Waals surface area contributed by atoms with Crippen molar-refractivity contribution in [3.63, 3.8) is 0 Å². The van der Waals surface area contributed by atoms with Gasteiger partial charge in [-0.2, -0.15) is 0 Å². The molecule has 2 aliphatic heterocycles. The van der Waals surface area contributed by atoms with Crippen LogP contribution in [0.15, 0.2) is 40.1 Å². The summed E-state index contributed by atoms with van der Waals surface area (Å²) in [6, 6.07) is 9.43. The molecule has 2 nitrogen and oxygen atoms in total. The van der Waals surface area contributed by atoms with Gasteiger partial charge in [0.25, 0.3) is 0 Å². The maximum absolute atomic E-state index is 2.61. The summed E-state index contributed by atoms with van der Waals surface area (Å²) in [4.78, 5) is 2.92. The first-order valence-corrected chi connectivity index (χ1v) is 9.14. The van der Waals surface area contributed by atoms with Crippen LogP contribution in [0.2, 0.25) is 0 Å². The Balaban J connectivity index is 2.00. The summed E-state index contributed by atoms with van der Waals surface area (Å²) in [5, 5.41) is 5.22. The molecule has 1 aromatic carbocycles. The molecule has 2 aliphatic rings. The van der Waals surface area contributed by atoms with E-state index in [-0.39, 0.29) is 0 Å². The van der Waals surface area contributed by atoms with Gasteiger partial charge in [0.1, 0.15) is 0 Å². The summed E-state index contributed by atoms with van der Waals surface area (Å²) in [5.41, 5.74) is 1.41. The van der Waals surface area contributed by atoms with Crippen LogP contribution in [-0.2, 0) is 0 Å². The molecule has 1 saturated heterocycles. The lowest BCUT2D eigenvalue weighted by molar-refractivity contribution is 0.190. The maximum Gasteiger partial charge on any atom is 0.0766 e. The Morgan fingerprint density at radius 2 is 1.95 bits per heavy atom. The molecule has 0 radical (unpaired) electrons. The van der Waals surface area contributed by atoms with Gasteiger partial charge in [0.05, 0.1) is 11.7 Å². The van der Waals surface area contributed by atoms with E-state index in [0.717, 1.165) is 0 Å². The smallest absolute Gasteiger partial charge is 0.0766 e. The normalized spacial score (nSPS) is 25.1. The van der Waals surface area contributed by atoms with E-state index in [9.17, 15) is 0 Å². The molecule has 1 unspecified atom stereocenters. The van der Waals surface area contributed by atoms with Crippen LogP contribution in [-0.4, -0.2) is 24.1 Å². The molecular weight excluding hydrogens is 276 g/mol. The molecule has 114 valence electrons. The SMILES string of the molecule is C/C=C1/Sc2ccccc2N(N2CCCCC2)C1CCC. The highest BCUT2D eigenvalue weighted by Crippen LogP contribution is 2.46. The monoisotopic (exact) mass is 302 g/mol. The molecule has 1 aromatic rings. The summed E-state index contributed by atoms with van der Waals surface area (Å²) in [7, 11) is 0. The fourth-order valence-electron chi connectivity index (χ4n) is 3.45. The lowest BCUT2D eigenvalue weighted by Gasteiger charge is -2.47. The average molecular weight is 302 g/mol. The quantitative estimate of drug-likeness (QED) is 0.769. The zero-order chi connectivity index (χ0) is 14.7. The van der Waals surface area contributed by atoms with E-state index < -0.39 is 0 Å². The number of fused-ring (bicyclic) bond motifs is 1. The Kier molecular flexibility index (Phi) is 4.91. The lowest BCUT2D eigenvalue weighted by Crippen LogP contribution is -2.53. The number of rotatable bonds is 3. The van der Waals surface area contributed by atoms with Gasteiger partial charge in [0, 0.05) is 22.9 Å². The molecule has 0 aliphatic carbocycles. The number of anilines is 1. The van der Waals surface area contributed by atoms with E-state index in [1.165, 1.54) is 60.7 Å². The third kappa shape index (κ3) is 3.00. The van der Waals surface area contributed by atoms with Gasteiger partial charge in [-0.05, 0) is 38.3 Å². The van der Waals surface area contributed by atoms with E-state index in [2.05, 4.69) is 54.2 Å². The van der Waals surface area contributed by atoms with Gasteiger partial charge in [0.2, 0.25) is 0 Å². The van der Waals surface area contributed by atoms with Crippen LogP contribution in [0.1, 0.15) is 46.0 Å². The summed E-state index contributed by atoms with van der Waals surface area (Å²) < 4.78 is 0. The molecule has 0 bridgehead atoms. The number of piperidine rings is 1. The zero-order valence-corrected chi connectivity index (χ0v) is 14.0. The maximum atomic E-state index is 2.61. The van der Waals surface area contributed by atoms with Crippen molar-refractivity contribution in [1.82, 2.24) is 5.01 Å². The molecular formula is C18H26N2S. The van der Waals surface area contributed by atoms with Gasteiger partial charge in [-0.3, -0.25) is 5.01 Å². The molecule has 3 rings (SSSR count). The predicted molar refractivity (Wildman–Crippen MR) is 92.7 cm³/mol. The minimum Gasteiger partial charge on any atom is -0.297 e. The van der Waals surface area contributed by atoms with Gasteiger partial charge in [-0.1, -0.05) is 49.7 Å². The molecule has 0 saturated carbocycles. The predicted octanol–water partition coefficient (Wildman–Crippen LogP) is 5.07. The zero-order valence-electron chi connectivity index (χ0n) is 13.2. The number of benzene rings is 1. The van der Waals surface area contributed by atoms with Crippen molar-refractivity contribution in [3.05, 3.63) is 35.2 Å². The minimum atomic E-state index is 0.526. The van der Waals surface area contributed by atoms with Crippen LogP contribution in [0, 0.1) is 0 Å². The first kappa shape index (κ1) is 15.0. The Labute approximate surface area is 133 Å². The van der Waals surface area contributed by atoms with Crippen molar-refractivity contribution in [2.24, 2.45) is 0 Å². The van der Waals surface area contributed by atoms with E-state index >= 15 is 0 Å². The number of hydrogen-bond acceptors (Lipinski definition) is 3. The molecule has 0 aromatic heterocycles. The second kappa shape index (κ2) is 6.89. The summed E-state index contributed by atoms with van der Waals surface area (Å²) >= 11 is 1.97. The summed E-state index contributed by atoms with van der Waals surface area (Å²) in [6.45, 7) is 6.90. The molecule has 3 heteroatoms. The molecule has 1 fully saturated rings. The highest BCUT2D eigenvalue weighted by Gasteiger charge is 2.33. The van der Waals surface area contributed by atoms with Crippen LogP contribution in [0.3, 0.4) is 0 Å². The first-order chi connectivity index (χ1) is 10.3. The third-order valence-electron chi connectivity index (χ3n) is 4.45. The Hall–Kier alpha value is -0.930. The Morgan fingerprint density at radius 1 is 1.19 bits per heavy atom. The number of para-hydroxylation sites is 1. The van der Waals surface area contributed by atoms with Gasteiger partial charge in [-0.25, -0.2) is 5.01 Å². The topological polar surface area (TPSA) is 6.48 Å². The number of nitrogens with zero attached hydrogens (tertiary/aromatic N) is 2. The molecule has 0 N–H and O–H groups in total. The highest BCUT2D eigenvalue weighted by molar-refractivity contribution is 8.03. The van der Waals surface area contributed by atoms with Crippen LogP contribution in [0.25, 0.3) is 0 Å². The molecule has 0 spiro atoms. The summed E-state index contributed by atoms with van der Waals surface area (Å²) in [5.74, 6) is 0. The summed E-state index contributed by atoms with van der Waals surface area (Å²) in [6.07, 6.45) is 8.83. The van der Waals surface area contributed by atoms with Crippen molar-refractivity contribution in [2.45, 2.75) is 56.9 Å². The van der Waals surface area contributed by atoms with Crippen molar-refractivity contribution < 1.29 is 0 Å². The van der Waals surface area contributed by atoms with Gasteiger partial charge < -0.3 is 0 Å². The molecule has 1 atom stereocenters. The Morgan fingerprint density at radius 3 is 2.67 bits per heavy atom. The first-order valence-electron chi connectivity index (χ1n) is 8.32. The van der Waals surface area contributed by atoms with Crippen LogP contribution < -0.4 is 5.01 Å². The van der Waals surface area contributed by atoms with Crippen molar-refractivity contribution in [1.29, 1.82) is 0 Å². The van der Waals surface area contributed by atoms with Crippen LogP contribution in [0.4, 0.5) is 5.69 Å². The number of allylic oxidation sites excluding steroid dienone is 1. The number of hydrogen-bond donors (Lipinski definition) is 0. The van der Waals surface area contributed by atoms with E-state index in [4.69, 9.17) is 0 Å². The standard InChI is InChI=1S/C18H26N2S/c1-3-10-15-17(4-2)21-18-12-7-6-11-16(18)20(15)19-13-8-5-9-14-19/h4,6-7,11-12,15H,3,5,8-10,13-14H2,1-2H3/b17-4+. The van der Waals surface area contributed by atoms with Crippen molar-refractivity contribution in [3.8, 4) is 0 Å². The second-order valence-electron chi connectivity index (χ2n) is 5.92. The largest absolute Gasteiger partial charge is 0.297 e. The number of thioether (sulfide) groups is 1. The minimum absolute atomic E-state index is 0.526. The van der Waals surface area contributed by atoms with Crippen molar-refractivity contribution in [2.75, 3.05) is 18.1 Å². The molecule has 2 heterocycles. The number of hydrazine groups is 1. The van der Waals surface area contributed by atoms with Crippen molar-refractivity contribution >= 4 is 17.4 Å². The van der Waals surface area contributed by atoms with Gasteiger partial charge in [-0.15, -0.1) is 0 Å². The van der Waals surface area contributed by atoms with E-state index in [1.807, 2.05) is 11.8 Å². The van der Waals surface area contributed by atoms with E-state index in [1.54, 1.807) is 0 Å². The van der Waals surface area contributed by atoms with Crippen LogP contribution in [0.5, 0.6) is 0 Å². The lowest BCUT2D eigenvalue weighted by atomic mass is 10.1. The molecule has 21 heavy (non-hydrogen) atoms. The molecule has 0 amide bonds. The van der Waals surface area contributed by atoms with Gasteiger partial charge >= 0.3 is 0 Å². The third-order valence-corrected chi connectivity index (χ3v) is 5.76. The van der Waals surface area contributed by atoms with Gasteiger partial charge in [0.15, 0.2) is 0 Å².